The van der Waals surface area contributed by atoms with Gasteiger partial charge in [-0.25, -0.2) is 0 Å². The van der Waals surface area contributed by atoms with Crippen LogP contribution in [-0.2, 0) is 35.2 Å². The Labute approximate surface area is 216 Å². The van der Waals surface area contributed by atoms with Crippen LogP contribution in [-0.4, -0.2) is 72.5 Å². The van der Waals surface area contributed by atoms with E-state index in [1.807, 2.05) is 6.07 Å². The number of aldehydes is 3. The predicted octanol–water partition coefficient (Wildman–Crippen LogP) is -0.109. The van der Waals surface area contributed by atoms with Crippen LogP contribution < -0.4 is 21.3 Å². The van der Waals surface area contributed by atoms with E-state index in [1.54, 1.807) is 24.3 Å². The molecule has 4 N–H and O–H groups in total. The minimum Gasteiger partial charge on any atom is -0.344 e. The maximum atomic E-state index is 13.0. The van der Waals surface area contributed by atoms with Gasteiger partial charge in [0, 0.05) is 31.1 Å². The normalized spacial score (nSPS) is 16.4. The first-order chi connectivity index (χ1) is 17.4. The van der Waals surface area contributed by atoms with Crippen molar-refractivity contribution in [3.05, 3.63) is 35.9 Å². The van der Waals surface area contributed by atoms with Crippen molar-refractivity contribution in [2.75, 3.05) is 5.75 Å². The van der Waals surface area contributed by atoms with E-state index >= 15 is 0 Å². The van der Waals surface area contributed by atoms with Crippen LogP contribution in [0, 0.1) is 0 Å². The van der Waals surface area contributed by atoms with Crippen LogP contribution in [0.2, 0.25) is 0 Å². The van der Waals surface area contributed by atoms with Crippen LogP contribution in [0.1, 0.15) is 44.1 Å². The number of hydrogen-bond acceptors (Lipinski definition) is 8. The molecule has 0 radical (unpaired) electrons. The lowest BCUT2D eigenvalue weighted by molar-refractivity contribution is -0.133. The Hall–Kier alpha value is -3.05. The molecule has 0 aliphatic heterocycles. The molecular weight excluding hydrogens is 484 g/mol. The third-order valence-corrected chi connectivity index (χ3v) is 6.38. The van der Waals surface area contributed by atoms with Crippen molar-refractivity contribution in [3.63, 3.8) is 0 Å². The van der Waals surface area contributed by atoms with Gasteiger partial charge in [-0.2, -0.15) is 12.6 Å². The Kier molecular flexibility index (Phi) is 12.8. The van der Waals surface area contributed by atoms with Crippen LogP contribution in [0.15, 0.2) is 30.3 Å². The molecule has 11 heteroatoms. The lowest BCUT2D eigenvalue weighted by Gasteiger charge is -2.29. The molecule has 0 unspecified atom stereocenters. The highest BCUT2D eigenvalue weighted by molar-refractivity contribution is 7.80. The van der Waals surface area contributed by atoms with Gasteiger partial charge in [-0.05, 0) is 24.8 Å². The lowest BCUT2D eigenvalue weighted by atomic mass is 9.92. The summed E-state index contributed by atoms with van der Waals surface area (Å²) >= 11 is 4.03. The predicted molar refractivity (Wildman–Crippen MR) is 136 cm³/mol. The molecule has 0 aromatic heterocycles. The maximum Gasteiger partial charge on any atom is 0.243 e. The maximum absolute atomic E-state index is 13.0. The van der Waals surface area contributed by atoms with E-state index in [9.17, 15) is 28.8 Å². The minimum absolute atomic E-state index is 0.0113. The van der Waals surface area contributed by atoms with Crippen LogP contribution in [0.25, 0.3) is 0 Å². The summed E-state index contributed by atoms with van der Waals surface area (Å²) in [5, 5.41) is 10.8. The van der Waals surface area contributed by atoms with Crippen molar-refractivity contribution < 1.29 is 28.8 Å². The highest BCUT2D eigenvalue weighted by Crippen LogP contribution is 2.19. The molecule has 10 nitrogen and oxygen atoms in total. The molecule has 3 amide bonds. The number of carbonyl (C=O) groups excluding carboxylic acids is 6. The van der Waals surface area contributed by atoms with Gasteiger partial charge in [0.05, 0.1) is 12.1 Å². The smallest absolute Gasteiger partial charge is 0.243 e. The zero-order valence-electron chi connectivity index (χ0n) is 20.1. The van der Waals surface area contributed by atoms with Crippen molar-refractivity contribution in [1.29, 1.82) is 0 Å². The number of carbonyl (C=O) groups is 6. The van der Waals surface area contributed by atoms with E-state index in [4.69, 9.17) is 0 Å². The molecular formula is C25H34N4O6S. The first kappa shape index (κ1) is 29.2. The van der Waals surface area contributed by atoms with Gasteiger partial charge in [0.2, 0.25) is 17.7 Å². The highest BCUT2D eigenvalue weighted by atomic mass is 32.1. The molecule has 1 fully saturated rings. The number of nitrogens with one attached hydrogen (secondary N) is 4. The minimum atomic E-state index is -1.19. The van der Waals surface area contributed by atoms with Gasteiger partial charge < -0.3 is 35.7 Å². The molecule has 2 rings (SSSR count). The standard InChI is InChI=1S/C25H34N4O6S/c30-12-11-21(28-23(33)10-9-19(14-31)26-18-7-4-8-18)24(34)29-22(13-17-5-2-1-3-6-17)25(35)27-20(15-32)16-36/h1-3,5-6,12,14-15,18-22,26,36H,4,7-11,13,16H2,(H,27,35)(H,28,33)(H,29,34)/t19-,20+,21-,22-/m0/s1. The SMILES string of the molecule is O=CC[C@H](NC(=O)CC[C@@H](C=O)NC1CCC1)C(=O)N[C@@H](Cc1ccccc1)C(=O)N[C@H](C=O)CS. The fourth-order valence-corrected chi connectivity index (χ4v) is 3.86. The highest BCUT2D eigenvalue weighted by Gasteiger charge is 2.28. The molecule has 1 aromatic carbocycles. The summed E-state index contributed by atoms with van der Waals surface area (Å²) < 4.78 is 0. The topological polar surface area (TPSA) is 151 Å². The molecule has 1 aromatic rings. The van der Waals surface area contributed by atoms with Crippen molar-refractivity contribution in [3.8, 4) is 0 Å². The summed E-state index contributed by atoms with van der Waals surface area (Å²) in [6, 6.07) is 5.70. The first-order valence-electron chi connectivity index (χ1n) is 12.0. The van der Waals surface area contributed by atoms with Crippen LogP contribution >= 0.6 is 12.6 Å². The summed E-state index contributed by atoms with van der Waals surface area (Å²) in [6.45, 7) is 0. The number of benzene rings is 1. The van der Waals surface area contributed by atoms with Crippen molar-refractivity contribution in [2.45, 2.75) is 75.2 Å². The van der Waals surface area contributed by atoms with E-state index in [2.05, 4.69) is 33.9 Å². The third-order valence-electron chi connectivity index (χ3n) is 5.99. The Morgan fingerprint density at radius 3 is 2.14 bits per heavy atom. The van der Waals surface area contributed by atoms with Gasteiger partial charge in [-0.1, -0.05) is 36.8 Å². The number of amides is 3. The molecule has 0 saturated heterocycles. The summed E-state index contributed by atoms with van der Waals surface area (Å²) in [5.41, 5.74) is 0.765. The van der Waals surface area contributed by atoms with Gasteiger partial charge in [-0.3, -0.25) is 14.4 Å². The lowest BCUT2D eigenvalue weighted by Crippen LogP contribution is -2.56. The summed E-state index contributed by atoms with van der Waals surface area (Å²) in [5.74, 6) is -1.70. The second kappa shape index (κ2) is 15.8. The van der Waals surface area contributed by atoms with Gasteiger partial charge in [-0.15, -0.1) is 0 Å². The van der Waals surface area contributed by atoms with E-state index in [1.165, 1.54) is 0 Å². The van der Waals surface area contributed by atoms with E-state index in [0.717, 1.165) is 31.1 Å². The van der Waals surface area contributed by atoms with Gasteiger partial charge in [0.15, 0.2) is 0 Å². The fourth-order valence-electron chi connectivity index (χ4n) is 3.69. The molecule has 1 saturated carbocycles. The molecule has 0 spiro atoms. The Balaban J connectivity index is 2.01. The van der Waals surface area contributed by atoms with Gasteiger partial charge in [0.1, 0.15) is 30.9 Å². The van der Waals surface area contributed by atoms with Crippen LogP contribution in [0.5, 0.6) is 0 Å². The molecule has 1 aliphatic carbocycles. The fraction of sp³-hybridized carbons (Fsp3) is 0.520. The number of thiol groups is 1. The zero-order valence-corrected chi connectivity index (χ0v) is 21.0. The summed E-state index contributed by atoms with van der Waals surface area (Å²) in [7, 11) is 0. The average molecular weight is 519 g/mol. The van der Waals surface area contributed by atoms with Gasteiger partial charge >= 0.3 is 0 Å². The molecule has 4 atom stereocenters. The Morgan fingerprint density at radius 2 is 1.58 bits per heavy atom. The molecule has 0 heterocycles. The van der Waals surface area contributed by atoms with E-state index in [0.29, 0.717) is 12.6 Å². The van der Waals surface area contributed by atoms with E-state index < -0.39 is 41.9 Å². The second-order valence-corrected chi connectivity index (χ2v) is 9.15. The quantitative estimate of drug-likeness (QED) is 0.143. The van der Waals surface area contributed by atoms with Crippen molar-refractivity contribution in [1.82, 2.24) is 21.3 Å². The van der Waals surface area contributed by atoms with Gasteiger partial charge in [0.25, 0.3) is 0 Å². The molecule has 36 heavy (non-hydrogen) atoms. The molecule has 1 aliphatic rings. The number of hydrogen-bond donors (Lipinski definition) is 5. The second-order valence-electron chi connectivity index (χ2n) is 8.78. The zero-order chi connectivity index (χ0) is 26.3. The average Bonchev–Trinajstić information content (AvgIpc) is 2.86. The van der Waals surface area contributed by atoms with Crippen LogP contribution in [0.4, 0.5) is 0 Å². The molecule has 196 valence electrons. The largest absolute Gasteiger partial charge is 0.344 e. The van der Waals surface area contributed by atoms with Crippen molar-refractivity contribution in [2.24, 2.45) is 0 Å². The van der Waals surface area contributed by atoms with E-state index in [-0.39, 0.29) is 37.5 Å². The van der Waals surface area contributed by atoms with Crippen molar-refractivity contribution >= 4 is 49.2 Å². The third kappa shape index (κ3) is 9.90. The van der Waals surface area contributed by atoms with Crippen LogP contribution in [0.3, 0.4) is 0 Å². The summed E-state index contributed by atoms with van der Waals surface area (Å²) in [4.78, 5) is 71.9. The Morgan fingerprint density at radius 1 is 0.917 bits per heavy atom. The Bertz CT molecular complexity index is 896. The summed E-state index contributed by atoms with van der Waals surface area (Å²) in [6.07, 6.45) is 5.02. The molecule has 0 bridgehead atoms. The number of rotatable bonds is 17. The first-order valence-corrected chi connectivity index (χ1v) is 12.7. The monoisotopic (exact) mass is 518 g/mol.